The Morgan fingerprint density at radius 3 is 2.76 bits per heavy atom. The summed E-state index contributed by atoms with van der Waals surface area (Å²) in [4.78, 5) is 19.2. The van der Waals surface area contributed by atoms with Gasteiger partial charge in [0.25, 0.3) is 5.91 Å². The molecule has 0 atom stereocenters. The van der Waals surface area contributed by atoms with Crippen LogP contribution in [0.4, 0.5) is 0 Å². The van der Waals surface area contributed by atoms with Crippen LogP contribution in [-0.4, -0.2) is 36.6 Å². The normalized spacial score (nSPS) is 10.2. The van der Waals surface area contributed by atoms with E-state index >= 15 is 0 Å². The molecule has 21 heavy (non-hydrogen) atoms. The number of aromatic amines is 1. The van der Waals surface area contributed by atoms with Crippen molar-refractivity contribution in [2.45, 2.75) is 12.8 Å². The number of benzene rings is 1. The highest BCUT2D eigenvalue weighted by molar-refractivity contribution is 5.94. The molecule has 1 aromatic heterocycles. The fourth-order valence-electron chi connectivity index (χ4n) is 1.97. The minimum Gasteiger partial charge on any atom is -0.493 e. The Kier molecular flexibility index (Phi) is 5.20. The van der Waals surface area contributed by atoms with Crippen LogP contribution in [0.15, 0.2) is 30.6 Å². The average Bonchev–Trinajstić information content (AvgIpc) is 3.04. The Morgan fingerprint density at radius 1 is 1.29 bits per heavy atom. The summed E-state index contributed by atoms with van der Waals surface area (Å²) in [5.41, 5.74) is 0.547. The number of hydrogen-bond donors (Lipinski definition) is 2. The van der Waals surface area contributed by atoms with Gasteiger partial charge in [0.05, 0.1) is 14.2 Å². The lowest BCUT2D eigenvalue weighted by Gasteiger charge is -2.09. The van der Waals surface area contributed by atoms with Gasteiger partial charge in [0.2, 0.25) is 0 Å². The van der Waals surface area contributed by atoms with Crippen molar-refractivity contribution in [1.82, 2.24) is 15.3 Å². The first-order valence-electron chi connectivity index (χ1n) is 6.73. The molecule has 0 radical (unpaired) electrons. The molecule has 0 aliphatic rings. The Labute approximate surface area is 123 Å². The molecule has 2 rings (SSSR count). The molecular formula is C15H19N3O3. The van der Waals surface area contributed by atoms with E-state index in [9.17, 15) is 4.79 Å². The van der Waals surface area contributed by atoms with E-state index in [0.717, 1.165) is 18.7 Å². The third kappa shape index (κ3) is 3.98. The maximum atomic E-state index is 12.0. The molecule has 0 aliphatic heterocycles. The number of hydrogen-bond acceptors (Lipinski definition) is 4. The summed E-state index contributed by atoms with van der Waals surface area (Å²) in [5.74, 6) is 1.94. The lowest BCUT2D eigenvalue weighted by molar-refractivity contribution is 0.0952. The van der Waals surface area contributed by atoms with E-state index in [4.69, 9.17) is 9.47 Å². The Bertz CT molecular complexity index is 582. The van der Waals surface area contributed by atoms with E-state index in [2.05, 4.69) is 15.3 Å². The van der Waals surface area contributed by atoms with Gasteiger partial charge in [0.15, 0.2) is 11.5 Å². The number of rotatable bonds is 7. The van der Waals surface area contributed by atoms with Gasteiger partial charge in [0, 0.05) is 30.9 Å². The second-order valence-electron chi connectivity index (χ2n) is 4.47. The van der Waals surface area contributed by atoms with Crippen LogP contribution in [0.5, 0.6) is 11.5 Å². The Balaban J connectivity index is 1.85. The SMILES string of the molecule is COc1ccc(C(=O)NCCCc2ncc[nH]2)cc1OC. The second-order valence-corrected chi connectivity index (χ2v) is 4.47. The number of carbonyl (C=O) groups is 1. The van der Waals surface area contributed by atoms with E-state index < -0.39 is 0 Å². The molecule has 1 heterocycles. The number of carbonyl (C=O) groups excluding carboxylic acids is 1. The van der Waals surface area contributed by atoms with Crippen LogP contribution in [0.2, 0.25) is 0 Å². The highest BCUT2D eigenvalue weighted by Crippen LogP contribution is 2.27. The molecule has 0 unspecified atom stereocenters. The largest absolute Gasteiger partial charge is 0.493 e. The summed E-state index contributed by atoms with van der Waals surface area (Å²) in [6, 6.07) is 5.10. The molecule has 0 aliphatic carbocycles. The van der Waals surface area contributed by atoms with Crippen LogP contribution in [0.1, 0.15) is 22.6 Å². The van der Waals surface area contributed by atoms with Gasteiger partial charge in [-0.2, -0.15) is 0 Å². The number of ether oxygens (including phenoxy) is 2. The van der Waals surface area contributed by atoms with Crippen LogP contribution in [0.25, 0.3) is 0 Å². The molecule has 0 bridgehead atoms. The minimum absolute atomic E-state index is 0.129. The van der Waals surface area contributed by atoms with Crippen molar-refractivity contribution in [3.63, 3.8) is 0 Å². The Morgan fingerprint density at radius 2 is 2.10 bits per heavy atom. The molecule has 1 aromatic carbocycles. The van der Waals surface area contributed by atoms with Gasteiger partial charge >= 0.3 is 0 Å². The number of methoxy groups -OCH3 is 2. The molecular weight excluding hydrogens is 270 g/mol. The molecule has 0 saturated carbocycles. The standard InChI is InChI=1S/C15H19N3O3/c1-20-12-6-5-11(10-13(12)21-2)15(19)18-7-3-4-14-16-8-9-17-14/h5-6,8-10H,3-4,7H2,1-2H3,(H,16,17)(H,18,19). The van der Waals surface area contributed by atoms with E-state index in [1.807, 2.05) is 0 Å². The molecule has 2 aromatic rings. The van der Waals surface area contributed by atoms with Crippen molar-refractivity contribution < 1.29 is 14.3 Å². The van der Waals surface area contributed by atoms with Crippen LogP contribution >= 0.6 is 0 Å². The summed E-state index contributed by atoms with van der Waals surface area (Å²) in [5, 5.41) is 2.87. The smallest absolute Gasteiger partial charge is 0.251 e. The van der Waals surface area contributed by atoms with E-state index in [0.29, 0.717) is 23.6 Å². The number of nitrogens with one attached hydrogen (secondary N) is 2. The molecule has 0 fully saturated rings. The number of aryl methyl sites for hydroxylation is 1. The number of H-pyrrole nitrogens is 1. The number of imidazole rings is 1. The zero-order valence-corrected chi connectivity index (χ0v) is 12.2. The quantitative estimate of drug-likeness (QED) is 0.762. The fourth-order valence-corrected chi connectivity index (χ4v) is 1.97. The van der Waals surface area contributed by atoms with Gasteiger partial charge in [-0.25, -0.2) is 4.98 Å². The van der Waals surface area contributed by atoms with E-state index in [-0.39, 0.29) is 5.91 Å². The topological polar surface area (TPSA) is 76.2 Å². The minimum atomic E-state index is -0.129. The van der Waals surface area contributed by atoms with Crippen molar-refractivity contribution in [2.24, 2.45) is 0 Å². The number of amides is 1. The molecule has 0 spiro atoms. The van der Waals surface area contributed by atoms with Gasteiger partial charge < -0.3 is 19.8 Å². The monoisotopic (exact) mass is 289 g/mol. The first kappa shape index (κ1) is 14.9. The molecule has 0 saturated heterocycles. The first-order valence-corrected chi connectivity index (χ1v) is 6.73. The maximum Gasteiger partial charge on any atom is 0.251 e. The molecule has 2 N–H and O–H groups in total. The zero-order valence-electron chi connectivity index (χ0n) is 12.2. The lowest BCUT2D eigenvalue weighted by atomic mass is 10.2. The predicted molar refractivity (Wildman–Crippen MR) is 78.8 cm³/mol. The van der Waals surface area contributed by atoms with Crippen molar-refractivity contribution >= 4 is 5.91 Å². The summed E-state index contributed by atoms with van der Waals surface area (Å²) in [6.45, 7) is 0.591. The van der Waals surface area contributed by atoms with Gasteiger partial charge in [-0.1, -0.05) is 0 Å². The summed E-state index contributed by atoms with van der Waals surface area (Å²) in [6.07, 6.45) is 5.14. The van der Waals surface area contributed by atoms with E-state index in [1.165, 1.54) is 0 Å². The van der Waals surface area contributed by atoms with Crippen LogP contribution in [0.3, 0.4) is 0 Å². The van der Waals surface area contributed by atoms with Crippen molar-refractivity contribution in [3.05, 3.63) is 42.0 Å². The molecule has 112 valence electrons. The van der Waals surface area contributed by atoms with Gasteiger partial charge in [-0.05, 0) is 24.6 Å². The second kappa shape index (κ2) is 7.33. The van der Waals surface area contributed by atoms with Crippen molar-refractivity contribution in [3.8, 4) is 11.5 Å². The maximum absolute atomic E-state index is 12.0. The summed E-state index contributed by atoms with van der Waals surface area (Å²) >= 11 is 0. The highest BCUT2D eigenvalue weighted by atomic mass is 16.5. The van der Waals surface area contributed by atoms with Crippen LogP contribution in [-0.2, 0) is 6.42 Å². The molecule has 1 amide bonds. The summed E-state index contributed by atoms with van der Waals surface area (Å²) in [7, 11) is 3.11. The third-order valence-electron chi connectivity index (χ3n) is 3.08. The fraction of sp³-hybridized carbons (Fsp3) is 0.333. The number of aromatic nitrogens is 2. The third-order valence-corrected chi connectivity index (χ3v) is 3.08. The van der Waals surface area contributed by atoms with Crippen molar-refractivity contribution in [2.75, 3.05) is 20.8 Å². The molecule has 6 nitrogen and oxygen atoms in total. The van der Waals surface area contributed by atoms with Gasteiger partial charge in [-0.15, -0.1) is 0 Å². The van der Waals surface area contributed by atoms with Crippen LogP contribution < -0.4 is 14.8 Å². The first-order chi connectivity index (χ1) is 10.2. The molecule has 6 heteroatoms. The van der Waals surface area contributed by atoms with Crippen LogP contribution in [0, 0.1) is 0 Å². The van der Waals surface area contributed by atoms with Crippen molar-refractivity contribution in [1.29, 1.82) is 0 Å². The predicted octanol–water partition coefficient (Wildman–Crippen LogP) is 1.79. The highest BCUT2D eigenvalue weighted by Gasteiger charge is 2.10. The Hall–Kier alpha value is -2.50. The van der Waals surface area contributed by atoms with Gasteiger partial charge in [-0.3, -0.25) is 4.79 Å². The zero-order chi connectivity index (χ0) is 15.1. The van der Waals surface area contributed by atoms with E-state index in [1.54, 1.807) is 44.8 Å². The lowest BCUT2D eigenvalue weighted by Crippen LogP contribution is -2.24. The number of nitrogens with zero attached hydrogens (tertiary/aromatic N) is 1. The average molecular weight is 289 g/mol. The van der Waals surface area contributed by atoms with Gasteiger partial charge in [0.1, 0.15) is 5.82 Å². The summed E-state index contributed by atoms with van der Waals surface area (Å²) < 4.78 is 10.3.